The lowest BCUT2D eigenvalue weighted by atomic mass is 9.78. The Bertz CT molecular complexity index is 629. The van der Waals surface area contributed by atoms with Gasteiger partial charge in [-0.15, -0.1) is 0 Å². The minimum atomic E-state index is -1.29. The van der Waals surface area contributed by atoms with Crippen molar-refractivity contribution >= 4 is 39.5 Å². The van der Waals surface area contributed by atoms with Gasteiger partial charge < -0.3 is 0 Å². The van der Waals surface area contributed by atoms with Crippen molar-refractivity contribution < 1.29 is 18.8 Å². The molecule has 1 aromatic carbocycles. The van der Waals surface area contributed by atoms with E-state index in [1.807, 2.05) is 0 Å². The maximum absolute atomic E-state index is 13.6. The molecule has 7 heteroatoms. The van der Waals surface area contributed by atoms with Crippen LogP contribution in [0.15, 0.2) is 22.7 Å². The maximum Gasteiger partial charge on any atom is 0.335 e. The highest BCUT2D eigenvalue weighted by atomic mass is 79.9. The van der Waals surface area contributed by atoms with E-state index in [0.29, 0.717) is 0 Å². The third kappa shape index (κ3) is 2.35. The molecule has 1 N–H and O–H groups in total. The second kappa shape index (κ2) is 5.55. The van der Waals surface area contributed by atoms with Crippen LogP contribution in [0.2, 0.25) is 0 Å². The number of carbonyl (C=O) groups excluding carboxylic acids is 3. The predicted molar refractivity (Wildman–Crippen MR) is 78.1 cm³/mol. The van der Waals surface area contributed by atoms with Crippen molar-refractivity contribution in [1.29, 1.82) is 0 Å². The molecule has 5 nitrogen and oxygen atoms in total. The van der Waals surface area contributed by atoms with Crippen LogP contribution in [-0.4, -0.2) is 17.8 Å². The average Bonchev–Trinajstić information content (AvgIpc) is 2.44. The molecule has 21 heavy (non-hydrogen) atoms. The highest BCUT2D eigenvalue weighted by molar-refractivity contribution is 9.10. The molecule has 2 rings (SSSR count). The first-order chi connectivity index (χ1) is 9.87. The van der Waals surface area contributed by atoms with E-state index in [4.69, 9.17) is 0 Å². The molecule has 1 aromatic rings. The highest BCUT2D eigenvalue weighted by Gasteiger charge is 2.51. The highest BCUT2D eigenvalue weighted by Crippen LogP contribution is 2.35. The van der Waals surface area contributed by atoms with Crippen molar-refractivity contribution in [2.24, 2.45) is 5.41 Å². The van der Waals surface area contributed by atoms with E-state index in [1.165, 1.54) is 12.1 Å². The van der Waals surface area contributed by atoms with Gasteiger partial charge in [0.25, 0.3) is 5.91 Å². The molecule has 1 aliphatic rings. The van der Waals surface area contributed by atoms with Gasteiger partial charge in [0.15, 0.2) is 0 Å². The third-order valence-corrected chi connectivity index (χ3v) is 4.48. The van der Waals surface area contributed by atoms with Crippen LogP contribution in [0, 0.1) is 11.2 Å². The molecule has 1 heterocycles. The topological polar surface area (TPSA) is 66.5 Å². The molecule has 0 aliphatic carbocycles. The first kappa shape index (κ1) is 15.6. The number of anilines is 1. The van der Waals surface area contributed by atoms with E-state index in [1.54, 1.807) is 13.8 Å². The molecule has 0 atom stereocenters. The van der Waals surface area contributed by atoms with Crippen LogP contribution in [-0.2, 0) is 9.59 Å². The lowest BCUT2D eigenvalue weighted by molar-refractivity contribution is -0.143. The summed E-state index contributed by atoms with van der Waals surface area (Å²) in [6.07, 6.45) is 0.522. The number of amides is 4. The normalized spacial score (nSPS) is 17.9. The van der Waals surface area contributed by atoms with E-state index in [0.717, 1.165) is 11.0 Å². The summed E-state index contributed by atoms with van der Waals surface area (Å²) in [5.74, 6) is -1.82. The zero-order valence-corrected chi connectivity index (χ0v) is 13.2. The molecule has 0 radical (unpaired) electrons. The molecule has 0 spiro atoms. The number of nitrogens with one attached hydrogen (secondary N) is 1. The fraction of sp³-hybridized carbons (Fsp3) is 0.357. The molecule has 4 amide bonds. The molecule has 1 fully saturated rings. The number of hydrogen-bond acceptors (Lipinski definition) is 3. The van der Waals surface area contributed by atoms with E-state index >= 15 is 0 Å². The van der Waals surface area contributed by atoms with Crippen molar-refractivity contribution in [2.75, 3.05) is 4.90 Å². The summed E-state index contributed by atoms with van der Waals surface area (Å²) in [5, 5.41) is 2.18. The van der Waals surface area contributed by atoms with Gasteiger partial charge in [0.05, 0.1) is 10.2 Å². The molecular formula is C14H14BrFN2O3. The number of imide groups is 2. The first-order valence-electron chi connectivity index (χ1n) is 6.52. The van der Waals surface area contributed by atoms with Crippen LogP contribution in [0.1, 0.15) is 26.7 Å². The van der Waals surface area contributed by atoms with Gasteiger partial charge in [-0.3, -0.25) is 14.9 Å². The molecule has 0 saturated carbocycles. The van der Waals surface area contributed by atoms with Gasteiger partial charge >= 0.3 is 6.03 Å². The molecule has 0 bridgehead atoms. The van der Waals surface area contributed by atoms with Gasteiger partial charge in [0, 0.05) is 0 Å². The Morgan fingerprint density at radius 1 is 1.24 bits per heavy atom. The van der Waals surface area contributed by atoms with Gasteiger partial charge in [0.2, 0.25) is 5.91 Å². The molecule has 0 aromatic heterocycles. The monoisotopic (exact) mass is 356 g/mol. The summed E-state index contributed by atoms with van der Waals surface area (Å²) in [4.78, 5) is 37.5. The first-order valence-corrected chi connectivity index (χ1v) is 7.31. The van der Waals surface area contributed by atoms with Gasteiger partial charge in [-0.1, -0.05) is 13.8 Å². The minimum absolute atomic E-state index is 0.0944. The zero-order valence-electron chi connectivity index (χ0n) is 11.6. The third-order valence-electron chi connectivity index (χ3n) is 3.84. The van der Waals surface area contributed by atoms with Gasteiger partial charge in [-0.2, -0.15) is 0 Å². The number of rotatable bonds is 3. The summed E-state index contributed by atoms with van der Waals surface area (Å²) in [6, 6.07) is 3.06. The minimum Gasteiger partial charge on any atom is -0.276 e. The quantitative estimate of drug-likeness (QED) is 0.846. The fourth-order valence-corrected chi connectivity index (χ4v) is 2.65. The van der Waals surface area contributed by atoms with Gasteiger partial charge in [-0.05, 0) is 47.0 Å². The van der Waals surface area contributed by atoms with Gasteiger partial charge in [-0.25, -0.2) is 14.1 Å². The Hall–Kier alpha value is -1.76. The SMILES string of the molecule is CCC1(CC)C(=O)NC(=O)N(c2ccc(Br)c(F)c2)C1=O. The van der Waals surface area contributed by atoms with Crippen LogP contribution in [0.3, 0.4) is 0 Å². The molecule has 0 unspecified atom stereocenters. The van der Waals surface area contributed by atoms with E-state index < -0.39 is 29.1 Å². The number of barbiturate groups is 1. The number of nitrogens with zero attached hydrogens (tertiary/aromatic N) is 1. The number of carbonyl (C=O) groups is 3. The predicted octanol–water partition coefficient (Wildman–Crippen LogP) is 2.98. The van der Waals surface area contributed by atoms with Crippen molar-refractivity contribution in [1.82, 2.24) is 5.32 Å². The van der Waals surface area contributed by atoms with Crippen molar-refractivity contribution in [3.05, 3.63) is 28.5 Å². The second-order valence-corrected chi connectivity index (χ2v) is 5.64. The van der Waals surface area contributed by atoms with Crippen LogP contribution in [0.4, 0.5) is 14.9 Å². The summed E-state index contributed by atoms with van der Waals surface area (Å²) < 4.78 is 13.9. The average molecular weight is 357 g/mol. The van der Waals surface area contributed by atoms with E-state index in [9.17, 15) is 18.8 Å². The number of urea groups is 1. The Morgan fingerprint density at radius 2 is 1.86 bits per heavy atom. The summed E-state index contributed by atoms with van der Waals surface area (Å²) in [5.41, 5.74) is -1.20. The van der Waals surface area contributed by atoms with Crippen molar-refractivity contribution in [2.45, 2.75) is 26.7 Å². The number of halogens is 2. The Balaban J connectivity index is 2.51. The van der Waals surface area contributed by atoms with Crippen LogP contribution < -0.4 is 10.2 Å². The van der Waals surface area contributed by atoms with Crippen molar-refractivity contribution in [3.8, 4) is 0 Å². The molecular weight excluding hydrogens is 343 g/mol. The smallest absolute Gasteiger partial charge is 0.276 e. The summed E-state index contributed by atoms with van der Waals surface area (Å²) in [7, 11) is 0. The summed E-state index contributed by atoms with van der Waals surface area (Å²) in [6.45, 7) is 3.41. The van der Waals surface area contributed by atoms with Gasteiger partial charge in [0.1, 0.15) is 11.2 Å². The van der Waals surface area contributed by atoms with Crippen molar-refractivity contribution in [3.63, 3.8) is 0 Å². The van der Waals surface area contributed by atoms with Crippen LogP contribution >= 0.6 is 15.9 Å². The summed E-state index contributed by atoms with van der Waals surface area (Å²) >= 11 is 3.01. The maximum atomic E-state index is 13.6. The largest absolute Gasteiger partial charge is 0.335 e. The number of benzene rings is 1. The fourth-order valence-electron chi connectivity index (χ4n) is 2.41. The zero-order chi connectivity index (χ0) is 15.8. The van der Waals surface area contributed by atoms with Crippen LogP contribution in [0.5, 0.6) is 0 Å². The van der Waals surface area contributed by atoms with E-state index in [2.05, 4.69) is 21.2 Å². The van der Waals surface area contributed by atoms with E-state index in [-0.39, 0.29) is 23.0 Å². The lowest BCUT2D eigenvalue weighted by Crippen LogP contribution is -2.64. The molecule has 112 valence electrons. The Labute approximate surface area is 129 Å². The standard InChI is InChI=1S/C14H14BrFN2O3/c1-3-14(4-2)11(19)17-13(21)18(12(14)20)8-5-6-9(15)10(16)7-8/h5-7H,3-4H2,1-2H3,(H,17,19,21). The Morgan fingerprint density at radius 3 is 2.38 bits per heavy atom. The number of hydrogen-bond donors (Lipinski definition) is 1. The molecule has 1 saturated heterocycles. The Kier molecular flexibility index (Phi) is 4.13. The molecule has 1 aliphatic heterocycles. The lowest BCUT2D eigenvalue weighted by Gasteiger charge is -2.38. The van der Waals surface area contributed by atoms with Crippen LogP contribution in [0.25, 0.3) is 0 Å². The second-order valence-electron chi connectivity index (χ2n) is 4.79.